The molecule has 0 radical (unpaired) electrons. The summed E-state index contributed by atoms with van der Waals surface area (Å²) in [5, 5.41) is 13.9. The van der Waals surface area contributed by atoms with Crippen LogP contribution in [0.3, 0.4) is 0 Å². The normalized spacial score (nSPS) is 18.1. The first-order valence-electron chi connectivity index (χ1n) is 12.0. The average Bonchev–Trinajstić information content (AvgIpc) is 3.23. The van der Waals surface area contributed by atoms with Crippen molar-refractivity contribution in [1.29, 1.82) is 0 Å². The van der Waals surface area contributed by atoms with Gasteiger partial charge in [0.15, 0.2) is 0 Å². The Hall–Kier alpha value is -3.19. The molecule has 0 unspecified atom stereocenters. The van der Waals surface area contributed by atoms with Crippen molar-refractivity contribution in [2.45, 2.75) is 45.6 Å². The first-order chi connectivity index (χ1) is 16.6. The third-order valence-corrected chi connectivity index (χ3v) is 6.65. The molecular formula is C27H33N3O4. The summed E-state index contributed by atoms with van der Waals surface area (Å²) >= 11 is 0. The van der Waals surface area contributed by atoms with Gasteiger partial charge in [-0.1, -0.05) is 37.3 Å². The SMILES string of the molecule is CCc1c(-c2cncc(OC)c2)c(-c2ccccc2)nn1C[C@H]1CC[C@@H](COCC(=O)O)CC1. The van der Waals surface area contributed by atoms with Crippen molar-refractivity contribution in [2.75, 3.05) is 20.3 Å². The lowest BCUT2D eigenvalue weighted by Crippen LogP contribution is -2.23. The minimum Gasteiger partial charge on any atom is -0.495 e. The predicted molar refractivity (Wildman–Crippen MR) is 131 cm³/mol. The maximum Gasteiger partial charge on any atom is 0.329 e. The van der Waals surface area contributed by atoms with Gasteiger partial charge in [0, 0.05) is 35.1 Å². The molecule has 2 aromatic heterocycles. The fraction of sp³-hybridized carbons (Fsp3) is 0.444. The Morgan fingerprint density at radius 1 is 1.09 bits per heavy atom. The van der Waals surface area contributed by atoms with Gasteiger partial charge in [-0.3, -0.25) is 9.67 Å². The molecule has 0 saturated heterocycles. The minimum atomic E-state index is -0.907. The second-order valence-electron chi connectivity index (χ2n) is 8.98. The maximum atomic E-state index is 10.7. The van der Waals surface area contributed by atoms with E-state index in [-0.39, 0.29) is 6.61 Å². The van der Waals surface area contributed by atoms with Crippen LogP contribution in [0.5, 0.6) is 5.75 Å². The molecule has 0 spiro atoms. The largest absolute Gasteiger partial charge is 0.495 e. The number of carboxylic acid groups (broad SMARTS) is 1. The molecule has 3 aromatic rings. The van der Waals surface area contributed by atoms with Crippen molar-refractivity contribution >= 4 is 5.97 Å². The molecule has 0 atom stereocenters. The Bertz CT molecular complexity index is 1090. The van der Waals surface area contributed by atoms with Gasteiger partial charge in [0.05, 0.1) is 19.9 Å². The number of rotatable bonds is 10. The lowest BCUT2D eigenvalue weighted by Gasteiger charge is -2.28. The fourth-order valence-corrected chi connectivity index (χ4v) is 4.91. The van der Waals surface area contributed by atoms with E-state index in [1.54, 1.807) is 13.3 Å². The van der Waals surface area contributed by atoms with E-state index < -0.39 is 5.97 Å². The molecule has 1 aliphatic carbocycles. The van der Waals surface area contributed by atoms with Crippen molar-refractivity contribution in [3.63, 3.8) is 0 Å². The predicted octanol–water partition coefficient (Wildman–Crippen LogP) is 5.09. The first-order valence-corrected chi connectivity index (χ1v) is 12.0. The molecule has 7 nitrogen and oxygen atoms in total. The molecule has 1 saturated carbocycles. The van der Waals surface area contributed by atoms with E-state index in [4.69, 9.17) is 19.7 Å². The van der Waals surface area contributed by atoms with Crippen LogP contribution in [-0.4, -0.2) is 46.2 Å². The van der Waals surface area contributed by atoms with E-state index in [2.05, 4.69) is 28.7 Å². The zero-order valence-corrected chi connectivity index (χ0v) is 19.9. The van der Waals surface area contributed by atoms with Crippen LogP contribution in [0.25, 0.3) is 22.4 Å². The number of hydrogen-bond acceptors (Lipinski definition) is 5. The number of nitrogens with zero attached hydrogens (tertiary/aromatic N) is 3. The third kappa shape index (κ3) is 5.65. The highest BCUT2D eigenvalue weighted by Gasteiger charge is 2.25. The Balaban J connectivity index is 1.58. The fourth-order valence-electron chi connectivity index (χ4n) is 4.91. The lowest BCUT2D eigenvalue weighted by molar-refractivity contribution is -0.142. The summed E-state index contributed by atoms with van der Waals surface area (Å²) in [4.78, 5) is 15.1. The van der Waals surface area contributed by atoms with Crippen molar-refractivity contribution in [2.24, 2.45) is 11.8 Å². The molecule has 4 rings (SSSR count). The van der Waals surface area contributed by atoms with Gasteiger partial charge in [0.25, 0.3) is 0 Å². The molecular weight excluding hydrogens is 430 g/mol. The number of methoxy groups -OCH3 is 1. The van der Waals surface area contributed by atoms with Crippen LogP contribution in [0.4, 0.5) is 0 Å². The Kier molecular flexibility index (Phi) is 7.95. The summed E-state index contributed by atoms with van der Waals surface area (Å²) in [7, 11) is 1.66. The minimum absolute atomic E-state index is 0.211. The van der Waals surface area contributed by atoms with Crippen LogP contribution < -0.4 is 4.74 Å². The molecule has 2 heterocycles. The van der Waals surface area contributed by atoms with E-state index in [1.807, 2.05) is 30.5 Å². The second-order valence-corrected chi connectivity index (χ2v) is 8.98. The number of hydrogen-bond donors (Lipinski definition) is 1. The van der Waals surface area contributed by atoms with Crippen LogP contribution in [0, 0.1) is 11.8 Å². The van der Waals surface area contributed by atoms with Gasteiger partial charge in [-0.15, -0.1) is 0 Å². The number of pyridine rings is 1. The summed E-state index contributed by atoms with van der Waals surface area (Å²) in [6.45, 7) is 3.38. The van der Waals surface area contributed by atoms with Crippen LogP contribution in [0.15, 0.2) is 48.8 Å². The van der Waals surface area contributed by atoms with Gasteiger partial charge in [-0.2, -0.15) is 5.10 Å². The molecule has 180 valence electrons. The van der Waals surface area contributed by atoms with E-state index >= 15 is 0 Å². The van der Waals surface area contributed by atoms with E-state index in [9.17, 15) is 4.79 Å². The van der Waals surface area contributed by atoms with Crippen molar-refractivity contribution in [1.82, 2.24) is 14.8 Å². The number of aliphatic carboxylic acids is 1. The molecule has 7 heteroatoms. The Morgan fingerprint density at radius 2 is 1.82 bits per heavy atom. The third-order valence-electron chi connectivity index (χ3n) is 6.65. The molecule has 34 heavy (non-hydrogen) atoms. The number of carbonyl (C=O) groups is 1. The van der Waals surface area contributed by atoms with E-state index in [0.717, 1.165) is 66.8 Å². The average molecular weight is 464 g/mol. The van der Waals surface area contributed by atoms with E-state index in [0.29, 0.717) is 18.4 Å². The highest BCUT2D eigenvalue weighted by molar-refractivity contribution is 5.83. The Labute approximate surface area is 200 Å². The quantitative estimate of drug-likeness (QED) is 0.451. The number of ether oxygens (including phenoxy) is 2. The molecule has 1 fully saturated rings. The molecule has 1 aromatic carbocycles. The highest BCUT2D eigenvalue weighted by atomic mass is 16.5. The zero-order chi connectivity index (χ0) is 23.9. The second kappa shape index (κ2) is 11.3. The molecule has 0 amide bonds. The molecule has 1 aliphatic rings. The molecule has 0 aliphatic heterocycles. The monoisotopic (exact) mass is 463 g/mol. The summed E-state index contributed by atoms with van der Waals surface area (Å²) in [6.07, 6.45) is 8.79. The van der Waals surface area contributed by atoms with Crippen LogP contribution in [-0.2, 0) is 22.5 Å². The molecule has 1 N–H and O–H groups in total. The molecule has 0 bridgehead atoms. The maximum absolute atomic E-state index is 10.7. The zero-order valence-electron chi connectivity index (χ0n) is 19.9. The van der Waals surface area contributed by atoms with Crippen molar-refractivity contribution in [3.05, 3.63) is 54.5 Å². The van der Waals surface area contributed by atoms with Gasteiger partial charge in [0.2, 0.25) is 0 Å². The van der Waals surface area contributed by atoms with Gasteiger partial charge in [0.1, 0.15) is 18.1 Å². The van der Waals surface area contributed by atoms with Gasteiger partial charge in [-0.05, 0) is 50.0 Å². The number of aromatic nitrogens is 3. The number of benzene rings is 1. The topological polar surface area (TPSA) is 86.5 Å². The Morgan fingerprint density at radius 3 is 2.50 bits per heavy atom. The summed E-state index contributed by atoms with van der Waals surface area (Å²) < 4.78 is 13.0. The van der Waals surface area contributed by atoms with Crippen molar-refractivity contribution < 1.29 is 19.4 Å². The highest BCUT2D eigenvalue weighted by Crippen LogP contribution is 2.37. The summed E-state index contributed by atoms with van der Waals surface area (Å²) in [6, 6.07) is 12.3. The van der Waals surface area contributed by atoms with E-state index in [1.165, 1.54) is 5.69 Å². The van der Waals surface area contributed by atoms with Crippen molar-refractivity contribution in [3.8, 4) is 28.1 Å². The van der Waals surface area contributed by atoms with Gasteiger partial charge >= 0.3 is 5.97 Å². The smallest absolute Gasteiger partial charge is 0.329 e. The summed E-state index contributed by atoms with van der Waals surface area (Å²) in [5.41, 5.74) is 5.41. The standard InChI is InChI=1S/C27H33N3O4/c1-3-24-26(22-13-23(33-2)15-28-14-22)27(21-7-5-4-6-8-21)29-30(24)16-19-9-11-20(12-10-19)17-34-18-25(31)32/h4-8,13-15,19-20H,3,9-12,16-18H2,1-2H3,(H,31,32)/t19-,20+. The first kappa shape index (κ1) is 24.0. The van der Waals surface area contributed by atoms with Gasteiger partial charge in [-0.25, -0.2) is 4.79 Å². The van der Waals surface area contributed by atoms with Gasteiger partial charge < -0.3 is 14.6 Å². The van der Waals surface area contributed by atoms with Crippen LogP contribution in [0.1, 0.15) is 38.3 Å². The summed E-state index contributed by atoms with van der Waals surface area (Å²) in [5.74, 6) is 0.809. The lowest BCUT2D eigenvalue weighted by atomic mass is 9.82. The van der Waals surface area contributed by atoms with Crippen LogP contribution >= 0.6 is 0 Å². The van der Waals surface area contributed by atoms with Crippen LogP contribution in [0.2, 0.25) is 0 Å². The number of carboxylic acids is 1.